The van der Waals surface area contributed by atoms with Crippen molar-refractivity contribution >= 4 is 33.0 Å². The molecule has 0 aliphatic heterocycles. The van der Waals surface area contributed by atoms with E-state index < -0.39 is 0 Å². The summed E-state index contributed by atoms with van der Waals surface area (Å²) < 4.78 is 1.20. The van der Waals surface area contributed by atoms with Crippen molar-refractivity contribution in [3.63, 3.8) is 0 Å². The predicted octanol–water partition coefficient (Wildman–Crippen LogP) is 3.75. The standard InChI is InChI=1S/C11H12ClNS/c1-11(2,13)7-6-14-9-5-3-4-8(12)10(7)9/h3-6H,13H2,1-2H3. The Morgan fingerprint density at radius 1 is 1.36 bits per heavy atom. The normalized spacial score (nSPS) is 12.3. The van der Waals surface area contributed by atoms with Crippen LogP contribution < -0.4 is 5.73 Å². The molecule has 1 nitrogen and oxygen atoms in total. The third-order valence-corrected chi connectivity index (χ3v) is 3.51. The molecule has 2 aromatic rings. The Hall–Kier alpha value is -0.570. The van der Waals surface area contributed by atoms with E-state index in [1.54, 1.807) is 11.3 Å². The molecule has 3 heteroatoms. The Kier molecular flexibility index (Phi) is 2.30. The minimum atomic E-state index is -0.330. The van der Waals surface area contributed by atoms with Crippen molar-refractivity contribution in [2.75, 3.05) is 0 Å². The first-order valence-corrected chi connectivity index (χ1v) is 5.71. The highest BCUT2D eigenvalue weighted by Gasteiger charge is 2.19. The van der Waals surface area contributed by atoms with Gasteiger partial charge in [0.15, 0.2) is 0 Å². The zero-order chi connectivity index (χ0) is 10.3. The molecule has 0 saturated heterocycles. The van der Waals surface area contributed by atoms with E-state index in [2.05, 4.69) is 11.4 Å². The molecule has 74 valence electrons. The van der Waals surface area contributed by atoms with E-state index >= 15 is 0 Å². The summed E-state index contributed by atoms with van der Waals surface area (Å²) in [6.45, 7) is 4.00. The van der Waals surface area contributed by atoms with Gasteiger partial charge in [0, 0.05) is 20.6 Å². The molecule has 0 radical (unpaired) electrons. The molecule has 0 unspecified atom stereocenters. The maximum atomic E-state index is 6.16. The Morgan fingerprint density at radius 2 is 2.07 bits per heavy atom. The van der Waals surface area contributed by atoms with Gasteiger partial charge in [-0.25, -0.2) is 0 Å². The lowest BCUT2D eigenvalue weighted by Crippen LogP contribution is -2.28. The average Bonchev–Trinajstić information content (AvgIpc) is 2.47. The number of hydrogen-bond acceptors (Lipinski definition) is 2. The summed E-state index contributed by atoms with van der Waals surface area (Å²) in [7, 11) is 0. The molecular weight excluding hydrogens is 214 g/mol. The highest BCUT2D eigenvalue weighted by Crippen LogP contribution is 2.36. The summed E-state index contributed by atoms with van der Waals surface area (Å²) in [5.74, 6) is 0. The molecule has 2 rings (SSSR count). The zero-order valence-electron chi connectivity index (χ0n) is 8.17. The topological polar surface area (TPSA) is 26.0 Å². The van der Waals surface area contributed by atoms with Crippen LogP contribution in [0.4, 0.5) is 0 Å². The first-order chi connectivity index (χ1) is 6.50. The minimum absolute atomic E-state index is 0.330. The van der Waals surface area contributed by atoms with E-state index in [4.69, 9.17) is 17.3 Å². The second-order valence-electron chi connectivity index (χ2n) is 3.98. The van der Waals surface area contributed by atoms with E-state index in [-0.39, 0.29) is 5.54 Å². The van der Waals surface area contributed by atoms with Crippen LogP contribution in [-0.4, -0.2) is 0 Å². The second kappa shape index (κ2) is 3.23. The fraction of sp³-hybridized carbons (Fsp3) is 0.273. The summed E-state index contributed by atoms with van der Waals surface area (Å²) in [6, 6.07) is 5.95. The van der Waals surface area contributed by atoms with Crippen LogP contribution in [-0.2, 0) is 5.54 Å². The van der Waals surface area contributed by atoms with E-state index in [0.29, 0.717) is 0 Å². The highest BCUT2D eigenvalue weighted by atomic mass is 35.5. The Bertz CT molecular complexity index is 468. The van der Waals surface area contributed by atoms with Gasteiger partial charge in [-0.05, 0) is 36.9 Å². The lowest BCUT2D eigenvalue weighted by Gasteiger charge is -2.18. The number of hydrogen-bond donors (Lipinski definition) is 1. The smallest absolute Gasteiger partial charge is 0.0496 e. The number of benzene rings is 1. The van der Waals surface area contributed by atoms with E-state index in [0.717, 1.165) is 16.0 Å². The van der Waals surface area contributed by atoms with Crippen LogP contribution in [0, 0.1) is 0 Å². The van der Waals surface area contributed by atoms with Gasteiger partial charge in [0.25, 0.3) is 0 Å². The largest absolute Gasteiger partial charge is 0.322 e. The van der Waals surface area contributed by atoms with Crippen LogP contribution >= 0.6 is 22.9 Å². The number of halogens is 1. The van der Waals surface area contributed by atoms with E-state index in [1.165, 1.54) is 4.70 Å². The Morgan fingerprint density at radius 3 is 2.71 bits per heavy atom. The van der Waals surface area contributed by atoms with Crippen LogP contribution in [0.3, 0.4) is 0 Å². The fourth-order valence-electron chi connectivity index (χ4n) is 1.52. The molecule has 1 aromatic carbocycles. The maximum Gasteiger partial charge on any atom is 0.0496 e. The van der Waals surface area contributed by atoms with Gasteiger partial charge >= 0.3 is 0 Å². The maximum absolute atomic E-state index is 6.16. The average molecular weight is 226 g/mol. The van der Waals surface area contributed by atoms with Gasteiger partial charge in [0.2, 0.25) is 0 Å². The first kappa shape index (κ1) is 9.97. The van der Waals surface area contributed by atoms with Crippen LogP contribution in [0.2, 0.25) is 5.02 Å². The SMILES string of the molecule is CC(C)(N)c1csc2cccc(Cl)c12. The Labute approximate surface area is 92.5 Å². The molecule has 1 aromatic heterocycles. The molecule has 0 amide bonds. The van der Waals surface area contributed by atoms with Crippen molar-refractivity contribution in [1.82, 2.24) is 0 Å². The molecule has 1 heterocycles. The number of rotatable bonds is 1. The first-order valence-electron chi connectivity index (χ1n) is 4.45. The molecule has 0 spiro atoms. The lowest BCUT2D eigenvalue weighted by atomic mass is 9.95. The van der Waals surface area contributed by atoms with Crippen molar-refractivity contribution in [3.05, 3.63) is 34.2 Å². The van der Waals surface area contributed by atoms with Crippen molar-refractivity contribution < 1.29 is 0 Å². The number of thiophene rings is 1. The van der Waals surface area contributed by atoms with Gasteiger partial charge in [-0.3, -0.25) is 0 Å². The third-order valence-electron chi connectivity index (χ3n) is 2.24. The van der Waals surface area contributed by atoms with Crippen molar-refractivity contribution in [3.8, 4) is 0 Å². The third kappa shape index (κ3) is 1.54. The molecule has 0 saturated carbocycles. The lowest BCUT2D eigenvalue weighted by molar-refractivity contribution is 0.561. The predicted molar refractivity (Wildman–Crippen MR) is 64.0 cm³/mol. The summed E-state index contributed by atoms with van der Waals surface area (Å²) in [4.78, 5) is 0. The molecule has 0 fully saturated rings. The molecule has 2 N–H and O–H groups in total. The summed E-state index contributed by atoms with van der Waals surface area (Å²) >= 11 is 7.85. The van der Waals surface area contributed by atoms with Crippen molar-refractivity contribution in [2.24, 2.45) is 5.73 Å². The van der Waals surface area contributed by atoms with Crippen LogP contribution in [0.15, 0.2) is 23.6 Å². The van der Waals surface area contributed by atoms with Gasteiger partial charge in [-0.2, -0.15) is 0 Å². The molecule has 0 aliphatic rings. The van der Waals surface area contributed by atoms with Gasteiger partial charge in [0.05, 0.1) is 0 Å². The number of fused-ring (bicyclic) bond motifs is 1. The van der Waals surface area contributed by atoms with Gasteiger partial charge in [-0.15, -0.1) is 11.3 Å². The summed E-state index contributed by atoms with van der Waals surface area (Å²) in [5.41, 5.74) is 6.88. The minimum Gasteiger partial charge on any atom is -0.322 e. The van der Waals surface area contributed by atoms with E-state index in [1.807, 2.05) is 26.0 Å². The van der Waals surface area contributed by atoms with Crippen molar-refractivity contribution in [1.29, 1.82) is 0 Å². The van der Waals surface area contributed by atoms with Gasteiger partial charge in [0.1, 0.15) is 0 Å². The monoisotopic (exact) mass is 225 g/mol. The van der Waals surface area contributed by atoms with Crippen LogP contribution in [0.5, 0.6) is 0 Å². The number of nitrogens with two attached hydrogens (primary N) is 1. The highest BCUT2D eigenvalue weighted by molar-refractivity contribution is 7.17. The molecule has 14 heavy (non-hydrogen) atoms. The van der Waals surface area contributed by atoms with Gasteiger partial charge < -0.3 is 5.73 Å². The van der Waals surface area contributed by atoms with Gasteiger partial charge in [-0.1, -0.05) is 17.7 Å². The molecule has 0 aliphatic carbocycles. The molecular formula is C11H12ClNS. The molecule has 0 bridgehead atoms. The van der Waals surface area contributed by atoms with E-state index in [9.17, 15) is 0 Å². The van der Waals surface area contributed by atoms with Crippen molar-refractivity contribution in [2.45, 2.75) is 19.4 Å². The quantitative estimate of drug-likeness (QED) is 0.786. The summed E-state index contributed by atoms with van der Waals surface area (Å²) in [6.07, 6.45) is 0. The summed E-state index contributed by atoms with van der Waals surface area (Å²) in [5, 5.41) is 3.99. The van der Waals surface area contributed by atoms with Crippen LogP contribution in [0.25, 0.3) is 10.1 Å². The molecule has 0 atom stereocenters. The zero-order valence-corrected chi connectivity index (χ0v) is 9.75. The fourth-order valence-corrected chi connectivity index (χ4v) is 3.01. The second-order valence-corrected chi connectivity index (χ2v) is 5.30. The Balaban J connectivity index is 2.80. The van der Waals surface area contributed by atoms with Crippen LogP contribution in [0.1, 0.15) is 19.4 Å².